The molecule has 1 heterocycles. The first-order valence-electron chi connectivity index (χ1n) is 5.68. The van der Waals surface area contributed by atoms with Gasteiger partial charge in [0, 0.05) is 11.4 Å². The molecule has 2 N–H and O–H groups in total. The van der Waals surface area contributed by atoms with Gasteiger partial charge in [0.05, 0.1) is 0 Å². The molecule has 0 saturated carbocycles. The van der Waals surface area contributed by atoms with Crippen LogP contribution in [0.2, 0.25) is 0 Å². The molecule has 0 aliphatic rings. The van der Waals surface area contributed by atoms with Gasteiger partial charge < -0.3 is 10.6 Å². The average molecular weight is 226 g/mol. The minimum Gasteiger partial charge on any atom is -0.317 e. The summed E-state index contributed by atoms with van der Waals surface area (Å²) in [7, 11) is 0. The van der Waals surface area contributed by atoms with Gasteiger partial charge in [-0.15, -0.1) is 11.3 Å². The molecule has 3 heteroatoms. The van der Waals surface area contributed by atoms with E-state index in [9.17, 15) is 0 Å². The highest BCUT2D eigenvalue weighted by atomic mass is 32.1. The van der Waals surface area contributed by atoms with Crippen molar-refractivity contribution in [1.29, 1.82) is 0 Å². The first-order chi connectivity index (χ1) is 7.24. The van der Waals surface area contributed by atoms with E-state index >= 15 is 0 Å². The zero-order chi connectivity index (χ0) is 11.1. The van der Waals surface area contributed by atoms with Crippen LogP contribution in [-0.2, 0) is 6.54 Å². The molecule has 0 fully saturated rings. The maximum absolute atomic E-state index is 3.51. The van der Waals surface area contributed by atoms with E-state index < -0.39 is 0 Å². The SMILES string of the molecule is CCNCC(C)CNCc1sccc1C. The molecule has 1 rings (SSSR count). The van der Waals surface area contributed by atoms with Crippen LogP contribution in [0.1, 0.15) is 24.3 Å². The molecule has 1 unspecified atom stereocenters. The lowest BCUT2D eigenvalue weighted by atomic mass is 10.2. The van der Waals surface area contributed by atoms with E-state index in [1.807, 2.05) is 11.3 Å². The number of nitrogens with one attached hydrogen (secondary N) is 2. The summed E-state index contributed by atoms with van der Waals surface area (Å²) in [6.45, 7) is 10.9. The van der Waals surface area contributed by atoms with E-state index in [2.05, 4.69) is 42.9 Å². The van der Waals surface area contributed by atoms with Crippen molar-refractivity contribution in [2.45, 2.75) is 27.3 Å². The Hall–Kier alpha value is -0.380. The van der Waals surface area contributed by atoms with Gasteiger partial charge in [-0.2, -0.15) is 0 Å². The Labute approximate surface area is 97.1 Å². The summed E-state index contributed by atoms with van der Waals surface area (Å²) >= 11 is 1.84. The molecule has 1 aromatic rings. The Morgan fingerprint density at radius 3 is 2.67 bits per heavy atom. The van der Waals surface area contributed by atoms with Gasteiger partial charge in [0.15, 0.2) is 0 Å². The normalized spacial score (nSPS) is 13.0. The average Bonchev–Trinajstić information content (AvgIpc) is 2.61. The van der Waals surface area contributed by atoms with Crippen LogP contribution in [0.4, 0.5) is 0 Å². The van der Waals surface area contributed by atoms with Gasteiger partial charge in [-0.1, -0.05) is 13.8 Å². The molecule has 0 amide bonds. The molecular formula is C12H22N2S. The van der Waals surface area contributed by atoms with Crippen LogP contribution >= 0.6 is 11.3 Å². The van der Waals surface area contributed by atoms with Gasteiger partial charge in [-0.3, -0.25) is 0 Å². The van der Waals surface area contributed by atoms with Crippen molar-refractivity contribution in [3.63, 3.8) is 0 Å². The summed E-state index contributed by atoms with van der Waals surface area (Å²) in [5, 5.41) is 9.03. The van der Waals surface area contributed by atoms with E-state index in [1.165, 1.54) is 10.4 Å². The molecule has 0 spiro atoms. The zero-order valence-corrected chi connectivity index (χ0v) is 10.8. The van der Waals surface area contributed by atoms with E-state index in [-0.39, 0.29) is 0 Å². The molecular weight excluding hydrogens is 204 g/mol. The lowest BCUT2D eigenvalue weighted by Gasteiger charge is -2.12. The van der Waals surface area contributed by atoms with Crippen LogP contribution in [0.15, 0.2) is 11.4 Å². The molecule has 0 aliphatic heterocycles. The molecule has 1 aromatic heterocycles. The molecule has 0 radical (unpaired) electrons. The molecule has 1 atom stereocenters. The van der Waals surface area contributed by atoms with E-state index in [4.69, 9.17) is 0 Å². The fourth-order valence-electron chi connectivity index (χ4n) is 1.48. The molecule has 0 bridgehead atoms. The lowest BCUT2D eigenvalue weighted by Crippen LogP contribution is -2.29. The minimum absolute atomic E-state index is 0.699. The third-order valence-electron chi connectivity index (χ3n) is 2.49. The number of rotatable bonds is 7. The highest BCUT2D eigenvalue weighted by Gasteiger charge is 2.02. The summed E-state index contributed by atoms with van der Waals surface area (Å²) < 4.78 is 0. The second-order valence-electron chi connectivity index (χ2n) is 4.07. The molecule has 86 valence electrons. The molecule has 2 nitrogen and oxygen atoms in total. The second-order valence-corrected chi connectivity index (χ2v) is 5.07. The number of hydrogen-bond donors (Lipinski definition) is 2. The van der Waals surface area contributed by atoms with Crippen molar-refractivity contribution in [3.8, 4) is 0 Å². The van der Waals surface area contributed by atoms with Crippen LogP contribution in [-0.4, -0.2) is 19.6 Å². The van der Waals surface area contributed by atoms with Gasteiger partial charge in [-0.25, -0.2) is 0 Å². The largest absolute Gasteiger partial charge is 0.317 e. The maximum atomic E-state index is 3.51. The highest BCUT2D eigenvalue weighted by molar-refractivity contribution is 7.10. The standard InChI is InChI=1S/C12H22N2S/c1-4-13-7-10(2)8-14-9-12-11(3)5-6-15-12/h5-6,10,13-14H,4,7-9H2,1-3H3. The smallest absolute Gasteiger partial charge is 0.0302 e. The number of aryl methyl sites for hydroxylation is 1. The van der Waals surface area contributed by atoms with Crippen molar-refractivity contribution in [3.05, 3.63) is 21.9 Å². The molecule has 15 heavy (non-hydrogen) atoms. The summed E-state index contributed by atoms with van der Waals surface area (Å²) in [5.41, 5.74) is 1.41. The third-order valence-corrected chi connectivity index (χ3v) is 3.51. The van der Waals surface area contributed by atoms with Crippen molar-refractivity contribution >= 4 is 11.3 Å². The predicted molar refractivity (Wildman–Crippen MR) is 68.5 cm³/mol. The first-order valence-corrected chi connectivity index (χ1v) is 6.56. The molecule has 0 aromatic carbocycles. The van der Waals surface area contributed by atoms with Gasteiger partial charge in [0.1, 0.15) is 0 Å². The van der Waals surface area contributed by atoms with E-state index in [1.54, 1.807) is 0 Å². The van der Waals surface area contributed by atoms with E-state index in [0.29, 0.717) is 5.92 Å². The monoisotopic (exact) mass is 226 g/mol. The van der Waals surface area contributed by atoms with Crippen LogP contribution in [0.25, 0.3) is 0 Å². The topological polar surface area (TPSA) is 24.1 Å². The first kappa shape index (κ1) is 12.7. The minimum atomic E-state index is 0.699. The Bertz CT molecular complexity index is 270. The lowest BCUT2D eigenvalue weighted by molar-refractivity contribution is 0.480. The number of thiophene rings is 1. The van der Waals surface area contributed by atoms with Crippen LogP contribution in [0.5, 0.6) is 0 Å². The predicted octanol–water partition coefficient (Wildman–Crippen LogP) is 2.39. The summed E-state index contributed by atoms with van der Waals surface area (Å²) in [5.74, 6) is 0.699. The maximum Gasteiger partial charge on any atom is 0.0302 e. The quantitative estimate of drug-likeness (QED) is 0.746. The summed E-state index contributed by atoms with van der Waals surface area (Å²) in [4.78, 5) is 1.46. The molecule has 0 saturated heterocycles. The van der Waals surface area contributed by atoms with Crippen molar-refractivity contribution in [2.75, 3.05) is 19.6 Å². The third kappa shape index (κ3) is 4.78. The summed E-state index contributed by atoms with van der Waals surface area (Å²) in [6, 6.07) is 2.18. The van der Waals surface area contributed by atoms with Crippen LogP contribution in [0.3, 0.4) is 0 Å². The van der Waals surface area contributed by atoms with Crippen molar-refractivity contribution < 1.29 is 0 Å². The molecule has 0 aliphatic carbocycles. The van der Waals surface area contributed by atoms with Gasteiger partial charge >= 0.3 is 0 Å². The Morgan fingerprint density at radius 2 is 2.07 bits per heavy atom. The zero-order valence-electron chi connectivity index (χ0n) is 9.97. The van der Waals surface area contributed by atoms with Gasteiger partial charge in [0.25, 0.3) is 0 Å². The Kier molecular flexibility index (Phi) is 5.91. The Morgan fingerprint density at radius 1 is 1.33 bits per heavy atom. The van der Waals surface area contributed by atoms with Gasteiger partial charge in [-0.05, 0) is 49.5 Å². The Balaban J connectivity index is 2.13. The van der Waals surface area contributed by atoms with E-state index in [0.717, 1.165) is 26.2 Å². The second kappa shape index (κ2) is 6.99. The van der Waals surface area contributed by atoms with Crippen molar-refractivity contribution in [1.82, 2.24) is 10.6 Å². The fourth-order valence-corrected chi connectivity index (χ4v) is 2.36. The highest BCUT2D eigenvalue weighted by Crippen LogP contribution is 2.14. The van der Waals surface area contributed by atoms with Crippen molar-refractivity contribution in [2.24, 2.45) is 5.92 Å². The van der Waals surface area contributed by atoms with Crippen LogP contribution < -0.4 is 10.6 Å². The van der Waals surface area contributed by atoms with Gasteiger partial charge in [0.2, 0.25) is 0 Å². The fraction of sp³-hybridized carbons (Fsp3) is 0.667. The van der Waals surface area contributed by atoms with Crippen LogP contribution in [0, 0.1) is 12.8 Å². The number of hydrogen-bond acceptors (Lipinski definition) is 3. The summed E-state index contributed by atoms with van der Waals surface area (Å²) in [6.07, 6.45) is 0.